The van der Waals surface area contributed by atoms with E-state index in [1.165, 1.54) is 49.7 Å². The second-order valence-electron chi connectivity index (χ2n) is 6.54. The lowest BCUT2D eigenvalue weighted by atomic mass is 9.85. The standard InChI is InChI=1S/C17H25BrN2/c1-12(19)13-6-8-20(9-7-13)17-5-3-14-10-16(18)4-2-15(14)11-17/h2,4,10,12-13,17H,3,5-9,11,19H2,1H3. The van der Waals surface area contributed by atoms with E-state index in [-0.39, 0.29) is 0 Å². The van der Waals surface area contributed by atoms with Crippen LogP contribution in [0.3, 0.4) is 0 Å². The first-order valence-electron chi connectivity index (χ1n) is 7.90. The number of halogens is 1. The Morgan fingerprint density at radius 3 is 2.65 bits per heavy atom. The van der Waals surface area contributed by atoms with Gasteiger partial charge in [-0.25, -0.2) is 0 Å². The SMILES string of the molecule is CC(N)C1CCN(C2CCc3cc(Br)ccc3C2)CC1. The van der Waals surface area contributed by atoms with Gasteiger partial charge in [0.2, 0.25) is 0 Å². The van der Waals surface area contributed by atoms with Crippen LogP contribution in [0.15, 0.2) is 22.7 Å². The van der Waals surface area contributed by atoms with E-state index in [4.69, 9.17) is 5.73 Å². The molecule has 1 saturated heterocycles. The Kier molecular flexibility index (Phi) is 4.49. The fraction of sp³-hybridized carbons (Fsp3) is 0.647. The molecule has 1 aliphatic carbocycles. The minimum absolute atomic E-state index is 0.363. The molecule has 2 N–H and O–H groups in total. The van der Waals surface area contributed by atoms with E-state index in [1.54, 1.807) is 11.1 Å². The fourth-order valence-corrected chi connectivity index (χ4v) is 4.23. The summed E-state index contributed by atoms with van der Waals surface area (Å²) in [5.41, 5.74) is 9.14. The van der Waals surface area contributed by atoms with Gasteiger partial charge in [-0.3, -0.25) is 0 Å². The van der Waals surface area contributed by atoms with Crippen LogP contribution in [0.2, 0.25) is 0 Å². The van der Waals surface area contributed by atoms with Crippen LogP contribution in [0.5, 0.6) is 0 Å². The molecule has 110 valence electrons. The Balaban J connectivity index is 1.62. The molecule has 3 heteroatoms. The van der Waals surface area contributed by atoms with Gasteiger partial charge >= 0.3 is 0 Å². The Hall–Kier alpha value is -0.380. The average Bonchev–Trinajstić information content (AvgIpc) is 2.47. The van der Waals surface area contributed by atoms with Crippen LogP contribution >= 0.6 is 15.9 Å². The van der Waals surface area contributed by atoms with E-state index >= 15 is 0 Å². The summed E-state index contributed by atoms with van der Waals surface area (Å²) in [6, 6.07) is 7.90. The van der Waals surface area contributed by atoms with E-state index in [2.05, 4.69) is 46.0 Å². The highest BCUT2D eigenvalue weighted by Gasteiger charge is 2.29. The fourth-order valence-electron chi connectivity index (χ4n) is 3.83. The highest BCUT2D eigenvalue weighted by molar-refractivity contribution is 9.10. The Morgan fingerprint density at radius 2 is 1.95 bits per heavy atom. The third-order valence-electron chi connectivity index (χ3n) is 5.20. The summed E-state index contributed by atoms with van der Waals surface area (Å²) in [4.78, 5) is 2.71. The maximum atomic E-state index is 6.05. The maximum absolute atomic E-state index is 6.05. The molecule has 1 aromatic rings. The van der Waals surface area contributed by atoms with Crippen molar-refractivity contribution >= 4 is 15.9 Å². The predicted molar refractivity (Wildman–Crippen MR) is 87.9 cm³/mol. The number of aryl methyl sites for hydroxylation is 1. The number of rotatable bonds is 2. The lowest BCUT2D eigenvalue weighted by Gasteiger charge is -2.40. The number of benzene rings is 1. The molecule has 1 aliphatic heterocycles. The molecule has 2 aliphatic rings. The minimum Gasteiger partial charge on any atom is -0.328 e. The van der Waals surface area contributed by atoms with Gasteiger partial charge < -0.3 is 10.6 Å². The van der Waals surface area contributed by atoms with Crippen molar-refractivity contribution in [2.45, 2.75) is 51.1 Å². The molecule has 2 atom stereocenters. The van der Waals surface area contributed by atoms with Gasteiger partial charge in [-0.05, 0) is 81.3 Å². The van der Waals surface area contributed by atoms with Crippen LogP contribution in [0.1, 0.15) is 37.3 Å². The number of nitrogens with zero attached hydrogens (tertiary/aromatic N) is 1. The van der Waals surface area contributed by atoms with Crippen LogP contribution in [-0.4, -0.2) is 30.1 Å². The molecule has 0 aromatic heterocycles. The number of hydrogen-bond donors (Lipinski definition) is 1. The zero-order valence-electron chi connectivity index (χ0n) is 12.3. The summed E-state index contributed by atoms with van der Waals surface area (Å²) in [5, 5.41) is 0. The molecule has 0 spiro atoms. The molecule has 0 saturated carbocycles. The zero-order chi connectivity index (χ0) is 14.1. The first-order valence-corrected chi connectivity index (χ1v) is 8.69. The van der Waals surface area contributed by atoms with Gasteiger partial charge in [0.15, 0.2) is 0 Å². The van der Waals surface area contributed by atoms with Gasteiger partial charge in [-0.1, -0.05) is 22.0 Å². The topological polar surface area (TPSA) is 29.3 Å². The summed E-state index contributed by atoms with van der Waals surface area (Å²) in [5.74, 6) is 0.734. The minimum atomic E-state index is 0.363. The van der Waals surface area contributed by atoms with Crippen LogP contribution in [0.4, 0.5) is 0 Å². The summed E-state index contributed by atoms with van der Waals surface area (Å²) in [6.45, 7) is 4.64. The molecule has 0 bridgehead atoms. The summed E-state index contributed by atoms with van der Waals surface area (Å²) < 4.78 is 1.22. The van der Waals surface area contributed by atoms with Gasteiger partial charge in [0.05, 0.1) is 0 Å². The first-order chi connectivity index (χ1) is 9.63. The van der Waals surface area contributed by atoms with Crippen molar-refractivity contribution in [3.05, 3.63) is 33.8 Å². The molecule has 1 fully saturated rings. The van der Waals surface area contributed by atoms with Crippen LogP contribution in [0.25, 0.3) is 0 Å². The van der Waals surface area contributed by atoms with Crippen molar-refractivity contribution in [3.8, 4) is 0 Å². The van der Waals surface area contributed by atoms with Gasteiger partial charge in [-0.15, -0.1) is 0 Å². The zero-order valence-corrected chi connectivity index (χ0v) is 13.9. The number of piperidine rings is 1. The van der Waals surface area contributed by atoms with Crippen molar-refractivity contribution in [1.29, 1.82) is 0 Å². The number of fused-ring (bicyclic) bond motifs is 1. The Bertz CT molecular complexity index is 464. The van der Waals surface area contributed by atoms with Crippen molar-refractivity contribution in [2.75, 3.05) is 13.1 Å². The van der Waals surface area contributed by atoms with E-state index < -0.39 is 0 Å². The summed E-state index contributed by atoms with van der Waals surface area (Å²) in [6.07, 6.45) is 6.33. The maximum Gasteiger partial charge on any atom is 0.0178 e. The molecular formula is C17H25BrN2. The molecule has 20 heavy (non-hydrogen) atoms. The van der Waals surface area contributed by atoms with Crippen molar-refractivity contribution in [2.24, 2.45) is 11.7 Å². The highest BCUT2D eigenvalue weighted by atomic mass is 79.9. The Morgan fingerprint density at radius 1 is 1.20 bits per heavy atom. The number of likely N-dealkylation sites (tertiary alicyclic amines) is 1. The van der Waals surface area contributed by atoms with Gasteiger partial charge in [0, 0.05) is 16.6 Å². The molecule has 3 rings (SSSR count). The monoisotopic (exact) mass is 336 g/mol. The quantitative estimate of drug-likeness (QED) is 0.897. The van der Waals surface area contributed by atoms with E-state index in [1.807, 2.05) is 0 Å². The largest absolute Gasteiger partial charge is 0.328 e. The molecule has 0 amide bonds. The normalized spacial score (nSPS) is 26.2. The smallest absolute Gasteiger partial charge is 0.0178 e. The van der Waals surface area contributed by atoms with Crippen molar-refractivity contribution in [3.63, 3.8) is 0 Å². The van der Waals surface area contributed by atoms with Gasteiger partial charge in [0.25, 0.3) is 0 Å². The number of hydrogen-bond acceptors (Lipinski definition) is 2. The van der Waals surface area contributed by atoms with Crippen molar-refractivity contribution in [1.82, 2.24) is 4.90 Å². The van der Waals surface area contributed by atoms with Crippen LogP contribution < -0.4 is 5.73 Å². The summed E-state index contributed by atoms with van der Waals surface area (Å²) >= 11 is 3.58. The van der Waals surface area contributed by atoms with E-state index in [9.17, 15) is 0 Å². The summed E-state index contributed by atoms with van der Waals surface area (Å²) in [7, 11) is 0. The van der Waals surface area contributed by atoms with Gasteiger partial charge in [-0.2, -0.15) is 0 Å². The van der Waals surface area contributed by atoms with Crippen LogP contribution in [0, 0.1) is 5.92 Å². The number of nitrogens with two attached hydrogens (primary N) is 1. The molecule has 1 aromatic carbocycles. The highest BCUT2D eigenvalue weighted by Crippen LogP contribution is 2.30. The second kappa shape index (κ2) is 6.17. The van der Waals surface area contributed by atoms with Crippen LogP contribution in [-0.2, 0) is 12.8 Å². The van der Waals surface area contributed by atoms with Gasteiger partial charge in [0.1, 0.15) is 0 Å². The van der Waals surface area contributed by atoms with Crippen molar-refractivity contribution < 1.29 is 0 Å². The molecular weight excluding hydrogens is 312 g/mol. The molecule has 2 nitrogen and oxygen atoms in total. The van der Waals surface area contributed by atoms with E-state index in [0.29, 0.717) is 6.04 Å². The first kappa shape index (κ1) is 14.6. The molecule has 2 unspecified atom stereocenters. The average molecular weight is 337 g/mol. The molecule has 0 radical (unpaired) electrons. The third-order valence-corrected chi connectivity index (χ3v) is 5.70. The second-order valence-corrected chi connectivity index (χ2v) is 7.46. The predicted octanol–water partition coefficient (Wildman–Crippen LogP) is 3.37. The van der Waals surface area contributed by atoms with E-state index in [0.717, 1.165) is 12.0 Å². The third kappa shape index (κ3) is 3.10. The lowest BCUT2D eigenvalue weighted by molar-refractivity contribution is 0.115. The Labute approximate surface area is 130 Å². The molecule has 1 heterocycles. The lowest BCUT2D eigenvalue weighted by Crippen LogP contribution is -2.46.